The molecule has 0 fully saturated rings. The Labute approximate surface area is 246 Å². The Hall–Kier alpha value is -3.58. The molecule has 0 aromatic heterocycles. The minimum atomic E-state index is -1.76. The summed E-state index contributed by atoms with van der Waals surface area (Å²) in [5.41, 5.74) is 16.5. The number of ketones is 4. The number of hydrazine groups is 1. The second kappa shape index (κ2) is 18.8. The quantitative estimate of drug-likeness (QED) is 0.0340. The number of rotatable bonds is 22. The standard InChI is InChI=1S/C25H36N6O10S/c26-14(6-9-20(35)36)21(37)23(39)17(11-32)28-25(41)15(7-8-19(27)34)29-30-16(10-13-4-2-1-3-5-13)22(38)24(40)18(12-33)31-42/h1-5,14-18,29-33,42H,6-12,26H2,(H2,27,34)(H,28,41)(H,35,36)/t14-,15?,16-,17?,18-/m0/s1. The molecule has 232 valence electrons. The van der Waals surface area contributed by atoms with Gasteiger partial charge in [-0.1, -0.05) is 43.1 Å². The Morgan fingerprint density at radius 2 is 1.31 bits per heavy atom. The molecule has 0 saturated heterocycles. The molecule has 0 bridgehead atoms. The summed E-state index contributed by atoms with van der Waals surface area (Å²) >= 11 is 3.74. The number of Topliss-reactive ketones (excluding diaryl/α,β-unsaturated/α-hetero) is 4. The van der Waals surface area contributed by atoms with Gasteiger partial charge in [0.2, 0.25) is 34.9 Å². The van der Waals surface area contributed by atoms with E-state index in [4.69, 9.17) is 16.6 Å². The zero-order valence-electron chi connectivity index (χ0n) is 22.5. The predicted molar refractivity (Wildman–Crippen MR) is 149 cm³/mol. The van der Waals surface area contributed by atoms with Crippen molar-refractivity contribution in [1.82, 2.24) is 20.9 Å². The number of benzene rings is 1. The SMILES string of the molecule is NC(=O)CCC(NN[C@@H](Cc1ccccc1)C(=O)C(=O)[C@H](CO)NS)C(=O)NC(CO)C(=O)C(=O)[C@@H](N)CCC(=O)O. The third kappa shape index (κ3) is 12.1. The van der Waals surface area contributed by atoms with Gasteiger partial charge < -0.3 is 32.1 Å². The van der Waals surface area contributed by atoms with Gasteiger partial charge in [0, 0.05) is 12.8 Å². The van der Waals surface area contributed by atoms with E-state index in [-0.39, 0.29) is 25.7 Å². The van der Waals surface area contributed by atoms with E-state index in [1.165, 1.54) is 0 Å². The van der Waals surface area contributed by atoms with Crippen LogP contribution in [0, 0.1) is 0 Å². The molecule has 0 heterocycles. The highest BCUT2D eigenvalue weighted by atomic mass is 32.1. The van der Waals surface area contributed by atoms with Gasteiger partial charge in [0.25, 0.3) is 0 Å². The number of carboxylic acids is 1. The summed E-state index contributed by atoms with van der Waals surface area (Å²) in [5, 5.41) is 30.0. The van der Waals surface area contributed by atoms with Gasteiger partial charge >= 0.3 is 5.97 Å². The lowest BCUT2D eigenvalue weighted by Crippen LogP contribution is -2.60. The van der Waals surface area contributed by atoms with Crippen LogP contribution >= 0.6 is 12.8 Å². The average molecular weight is 613 g/mol. The van der Waals surface area contributed by atoms with Crippen molar-refractivity contribution in [1.29, 1.82) is 0 Å². The van der Waals surface area contributed by atoms with Crippen molar-refractivity contribution in [2.45, 2.75) is 62.3 Å². The smallest absolute Gasteiger partial charge is 0.303 e. The molecular formula is C25H36N6O10S. The van der Waals surface area contributed by atoms with E-state index in [0.29, 0.717) is 5.56 Å². The van der Waals surface area contributed by atoms with Gasteiger partial charge in [0.05, 0.1) is 25.3 Å². The van der Waals surface area contributed by atoms with Crippen LogP contribution in [0.5, 0.6) is 0 Å². The highest BCUT2D eigenvalue weighted by molar-refractivity contribution is 7.78. The minimum Gasteiger partial charge on any atom is -0.481 e. The summed E-state index contributed by atoms with van der Waals surface area (Å²) in [6.45, 7) is -1.74. The number of carbonyl (C=O) groups excluding carboxylic acids is 6. The lowest BCUT2D eigenvalue weighted by Gasteiger charge is -2.25. The third-order valence-corrected chi connectivity index (χ3v) is 6.30. The molecule has 1 aromatic rings. The third-order valence-electron chi connectivity index (χ3n) is 5.99. The van der Waals surface area contributed by atoms with Crippen LogP contribution in [0.4, 0.5) is 0 Å². The number of nitrogens with one attached hydrogen (secondary N) is 4. The number of amides is 2. The molecule has 0 aliphatic carbocycles. The number of aliphatic carboxylic acids is 1. The summed E-state index contributed by atoms with van der Waals surface area (Å²) in [6, 6.07) is 1.26. The molecule has 5 atom stereocenters. The van der Waals surface area contributed by atoms with Crippen LogP contribution in [0.2, 0.25) is 0 Å². The molecule has 0 aliphatic rings. The van der Waals surface area contributed by atoms with Gasteiger partial charge in [-0.25, -0.2) is 10.9 Å². The number of nitrogens with two attached hydrogens (primary N) is 2. The largest absolute Gasteiger partial charge is 0.481 e. The van der Waals surface area contributed by atoms with E-state index in [0.717, 1.165) is 0 Å². The summed E-state index contributed by atoms with van der Waals surface area (Å²) in [5.74, 6) is -7.50. The summed E-state index contributed by atoms with van der Waals surface area (Å²) in [7, 11) is 0. The minimum absolute atomic E-state index is 0.0478. The molecule has 0 aliphatic heterocycles. The Morgan fingerprint density at radius 1 is 0.762 bits per heavy atom. The molecule has 2 unspecified atom stereocenters. The summed E-state index contributed by atoms with van der Waals surface area (Å²) < 4.78 is 2.23. The molecule has 0 spiro atoms. The van der Waals surface area contributed by atoms with E-state index in [1.807, 2.05) is 0 Å². The van der Waals surface area contributed by atoms with Crippen molar-refractivity contribution in [2.24, 2.45) is 11.5 Å². The number of aliphatic hydroxyl groups is 2. The van der Waals surface area contributed by atoms with Gasteiger partial charge in [-0.15, -0.1) is 0 Å². The fourth-order valence-electron chi connectivity index (χ4n) is 3.57. The van der Waals surface area contributed by atoms with Crippen LogP contribution in [0.3, 0.4) is 0 Å². The fraction of sp³-hybridized carbons (Fsp3) is 0.480. The maximum Gasteiger partial charge on any atom is 0.303 e. The first-order valence-corrected chi connectivity index (χ1v) is 13.2. The maximum atomic E-state index is 13.1. The number of carboxylic acid groups (broad SMARTS) is 1. The number of primary amides is 1. The van der Waals surface area contributed by atoms with E-state index in [9.17, 15) is 43.8 Å². The lowest BCUT2D eigenvalue weighted by atomic mass is 9.98. The number of thiol groups is 1. The van der Waals surface area contributed by atoms with Crippen molar-refractivity contribution < 1.29 is 48.9 Å². The highest BCUT2D eigenvalue weighted by Gasteiger charge is 2.34. The first-order chi connectivity index (χ1) is 19.9. The second-order valence-electron chi connectivity index (χ2n) is 9.19. The molecule has 0 saturated carbocycles. The maximum absolute atomic E-state index is 13.1. The Morgan fingerprint density at radius 3 is 1.83 bits per heavy atom. The normalized spacial score (nSPS) is 14.6. The Kier molecular flexibility index (Phi) is 16.3. The zero-order chi connectivity index (χ0) is 31.8. The van der Waals surface area contributed by atoms with Crippen LogP contribution in [-0.4, -0.2) is 99.7 Å². The lowest BCUT2D eigenvalue weighted by molar-refractivity contribution is -0.141. The first-order valence-electron chi connectivity index (χ1n) is 12.7. The van der Waals surface area contributed by atoms with Crippen molar-refractivity contribution >= 4 is 53.7 Å². The van der Waals surface area contributed by atoms with Crippen molar-refractivity contribution in [3.8, 4) is 0 Å². The van der Waals surface area contributed by atoms with E-state index >= 15 is 0 Å². The van der Waals surface area contributed by atoms with Gasteiger partial charge in [-0.2, -0.15) is 0 Å². The molecule has 0 radical (unpaired) electrons. The molecule has 17 heteroatoms. The summed E-state index contributed by atoms with van der Waals surface area (Å²) in [4.78, 5) is 85.7. The number of aliphatic hydroxyl groups excluding tert-OH is 2. The number of hydrogen-bond acceptors (Lipinski definition) is 14. The van der Waals surface area contributed by atoms with E-state index in [2.05, 4.69) is 33.7 Å². The Bertz CT molecular complexity index is 1120. The van der Waals surface area contributed by atoms with E-state index < -0.39 is 90.8 Å². The van der Waals surface area contributed by atoms with Crippen LogP contribution in [0.25, 0.3) is 0 Å². The van der Waals surface area contributed by atoms with Gasteiger partial charge in [-0.3, -0.25) is 38.3 Å². The fourth-order valence-corrected chi connectivity index (χ4v) is 3.77. The molecule has 1 aromatic carbocycles. The monoisotopic (exact) mass is 612 g/mol. The predicted octanol–water partition coefficient (Wildman–Crippen LogP) is -3.93. The number of carbonyl (C=O) groups is 7. The van der Waals surface area contributed by atoms with Gasteiger partial charge in [0.1, 0.15) is 18.1 Å². The van der Waals surface area contributed by atoms with Crippen LogP contribution in [0.1, 0.15) is 31.2 Å². The molecule has 42 heavy (non-hydrogen) atoms. The van der Waals surface area contributed by atoms with Crippen molar-refractivity contribution in [3.63, 3.8) is 0 Å². The average Bonchev–Trinajstić information content (AvgIpc) is 2.97. The van der Waals surface area contributed by atoms with Crippen molar-refractivity contribution in [2.75, 3.05) is 13.2 Å². The Balaban J connectivity index is 3.12. The zero-order valence-corrected chi connectivity index (χ0v) is 23.4. The molecular weight excluding hydrogens is 576 g/mol. The van der Waals surface area contributed by atoms with Gasteiger partial charge in [0.15, 0.2) is 0 Å². The highest BCUT2D eigenvalue weighted by Crippen LogP contribution is 2.07. The van der Waals surface area contributed by atoms with Crippen LogP contribution < -0.4 is 32.4 Å². The van der Waals surface area contributed by atoms with Gasteiger partial charge in [-0.05, 0) is 24.8 Å². The van der Waals surface area contributed by atoms with E-state index in [1.54, 1.807) is 30.3 Å². The van der Waals surface area contributed by atoms with Crippen LogP contribution in [0.15, 0.2) is 30.3 Å². The van der Waals surface area contributed by atoms with Crippen molar-refractivity contribution in [3.05, 3.63) is 35.9 Å². The molecule has 16 nitrogen and oxygen atoms in total. The number of hydrogen-bond donors (Lipinski definition) is 10. The molecule has 11 N–H and O–H groups in total. The topological polar surface area (TPSA) is 280 Å². The molecule has 2 amide bonds. The summed E-state index contributed by atoms with van der Waals surface area (Å²) in [6.07, 6.45) is -1.50. The van der Waals surface area contributed by atoms with Crippen LogP contribution in [-0.2, 0) is 40.0 Å². The second-order valence-corrected chi connectivity index (χ2v) is 9.45. The first kappa shape index (κ1) is 36.4. The molecule has 1 rings (SSSR count).